The lowest BCUT2D eigenvalue weighted by Crippen LogP contribution is -2.22. The number of benzene rings is 1. The molecule has 3 aromatic rings. The molecule has 3 N–H and O–H groups in total. The second-order valence-electron chi connectivity index (χ2n) is 7.10. The molecule has 4 rings (SSSR count). The van der Waals surface area contributed by atoms with Gasteiger partial charge in [-0.15, -0.1) is 0 Å². The highest BCUT2D eigenvalue weighted by molar-refractivity contribution is 6.13. The number of nitrogen functional groups attached to an aromatic ring is 1. The maximum absolute atomic E-state index is 12.9. The first-order valence-electron chi connectivity index (χ1n) is 9.16. The van der Waals surface area contributed by atoms with Gasteiger partial charge in [-0.05, 0) is 24.1 Å². The van der Waals surface area contributed by atoms with E-state index in [2.05, 4.69) is 15.1 Å². The average molecular weight is 379 g/mol. The third kappa shape index (κ3) is 3.45. The third-order valence-corrected chi connectivity index (χ3v) is 5.10. The number of halogens is 1. The first kappa shape index (κ1) is 18.1. The van der Waals surface area contributed by atoms with Crippen molar-refractivity contribution in [3.63, 3.8) is 0 Å². The van der Waals surface area contributed by atoms with Crippen LogP contribution in [-0.2, 0) is 7.05 Å². The Morgan fingerprint density at radius 2 is 2.14 bits per heavy atom. The van der Waals surface area contributed by atoms with Gasteiger partial charge in [-0.25, -0.2) is 9.97 Å². The van der Waals surface area contributed by atoms with Crippen molar-refractivity contribution >= 4 is 17.2 Å². The van der Waals surface area contributed by atoms with Crippen LogP contribution >= 0.6 is 0 Å². The normalized spacial score (nSPS) is 16.5. The number of aryl methyl sites for hydroxylation is 1. The van der Waals surface area contributed by atoms with Crippen molar-refractivity contribution in [3.8, 4) is 11.1 Å². The van der Waals surface area contributed by atoms with Gasteiger partial charge in [0.15, 0.2) is 0 Å². The molecule has 3 heterocycles. The molecule has 0 saturated carbocycles. The van der Waals surface area contributed by atoms with E-state index in [0.29, 0.717) is 29.3 Å². The molecule has 0 unspecified atom stereocenters. The summed E-state index contributed by atoms with van der Waals surface area (Å²) in [6.45, 7) is 1.08. The lowest BCUT2D eigenvalue weighted by atomic mass is 9.99. The molecule has 7 nitrogen and oxygen atoms in total. The van der Waals surface area contributed by atoms with Gasteiger partial charge in [0.25, 0.3) is 0 Å². The Labute approximate surface area is 162 Å². The zero-order valence-electron chi connectivity index (χ0n) is 15.6. The molecule has 1 aliphatic rings. The summed E-state index contributed by atoms with van der Waals surface area (Å²) in [5.41, 5.74) is 9.87. The molecule has 1 saturated heterocycles. The van der Waals surface area contributed by atoms with E-state index in [0.717, 1.165) is 24.1 Å². The Hall–Kier alpha value is -3.29. The quantitative estimate of drug-likeness (QED) is 0.525. The number of rotatable bonds is 5. The fourth-order valence-corrected chi connectivity index (χ4v) is 3.48. The van der Waals surface area contributed by atoms with Crippen molar-refractivity contribution in [1.82, 2.24) is 19.7 Å². The largest absolute Gasteiger partial charge is 0.398 e. The van der Waals surface area contributed by atoms with Crippen molar-refractivity contribution in [2.24, 2.45) is 13.0 Å². The molecular formula is C20H22FN7. The van der Waals surface area contributed by atoms with E-state index < -0.39 is 0 Å². The molecule has 28 heavy (non-hydrogen) atoms. The van der Waals surface area contributed by atoms with Gasteiger partial charge in [0.05, 0.1) is 24.3 Å². The van der Waals surface area contributed by atoms with Crippen molar-refractivity contribution in [1.29, 1.82) is 5.41 Å². The van der Waals surface area contributed by atoms with Gasteiger partial charge < -0.3 is 10.6 Å². The van der Waals surface area contributed by atoms with Crippen LogP contribution in [0.25, 0.3) is 11.1 Å². The Morgan fingerprint density at radius 1 is 1.29 bits per heavy atom. The van der Waals surface area contributed by atoms with Gasteiger partial charge in [0, 0.05) is 55.1 Å². The molecule has 0 amide bonds. The average Bonchev–Trinajstić information content (AvgIpc) is 3.37. The smallest absolute Gasteiger partial charge is 0.132 e. The molecule has 1 aromatic carbocycles. The summed E-state index contributed by atoms with van der Waals surface area (Å²) in [5, 5.41) is 12.8. The van der Waals surface area contributed by atoms with Crippen LogP contribution in [0.2, 0.25) is 0 Å². The Morgan fingerprint density at radius 3 is 2.86 bits per heavy atom. The summed E-state index contributed by atoms with van der Waals surface area (Å²) >= 11 is 0. The lowest BCUT2D eigenvalue weighted by molar-refractivity contribution is 0.384. The standard InChI is InChI=1S/C20H22FN7/c1-27-11-15(9-26-27)14-2-3-17(22)16(6-14)20(23)18-7-19(25-12-24-18)28-5-4-13(8-21)10-28/h2-3,6-7,9,11-13,23H,4-5,8,10,22H2,1H3/t13-/m0/s1. The summed E-state index contributed by atoms with van der Waals surface area (Å²) in [5.74, 6) is 0.761. The predicted molar refractivity (Wildman–Crippen MR) is 107 cm³/mol. The lowest BCUT2D eigenvalue weighted by Gasteiger charge is -2.17. The Balaban J connectivity index is 1.64. The topological polar surface area (TPSA) is 96.7 Å². The molecular weight excluding hydrogens is 357 g/mol. The fraction of sp³-hybridized carbons (Fsp3) is 0.300. The second-order valence-corrected chi connectivity index (χ2v) is 7.10. The zero-order chi connectivity index (χ0) is 19.7. The number of nitrogens with one attached hydrogen (secondary N) is 1. The summed E-state index contributed by atoms with van der Waals surface area (Å²) in [4.78, 5) is 10.6. The van der Waals surface area contributed by atoms with Crippen molar-refractivity contribution in [2.75, 3.05) is 30.4 Å². The third-order valence-electron chi connectivity index (χ3n) is 5.10. The van der Waals surface area contributed by atoms with Gasteiger partial charge >= 0.3 is 0 Å². The van der Waals surface area contributed by atoms with Crippen LogP contribution in [0.1, 0.15) is 17.7 Å². The molecule has 0 radical (unpaired) electrons. The summed E-state index contributed by atoms with van der Waals surface area (Å²) in [6.07, 6.45) is 5.95. The van der Waals surface area contributed by atoms with Gasteiger partial charge in [-0.2, -0.15) is 5.10 Å². The van der Waals surface area contributed by atoms with Gasteiger partial charge in [-0.1, -0.05) is 6.07 Å². The van der Waals surface area contributed by atoms with E-state index in [1.807, 2.05) is 30.3 Å². The minimum absolute atomic E-state index is 0.0460. The van der Waals surface area contributed by atoms with Crippen LogP contribution in [0.5, 0.6) is 0 Å². The van der Waals surface area contributed by atoms with Gasteiger partial charge in [-0.3, -0.25) is 14.5 Å². The van der Waals surface area contributed by atoms with Crippen LogP contribution in [0.15, 0.2) is 43.0 Å². The van der Waals surface area contributed by atoms with Crippen LogP contribution < -0.4 is 10.6 Å². The minimum Gasteiger partial charge on any atom is -0.398 e. The van der Waals surface area contributed by atoms with E-state index >= 15 is 0 Å². The molecule has 0 aliphatic carbocycles. The fourth-order valence-electron chi connectivity index (χ4n) is 3.48. The van der Waals surface area contributed by atoms with Crippen molar-refractivity contribution in [2.45, 2.75) is 6.42 Å². The van der Waals surface area contributed by atoms with E-state index in [1.54, 1.807) is 23.0 Å². The van der Waals surface area contributed by atoms with Gasteiger partial charge in [0.2, 0.25) is 0 Å². The number of nitrogens with zero attached hydrogens (tertiary/aromatic N) is 5. The molecule has 1 aliphatic heterocycles. The monoisotopic (exact) mass is 379 g/mol. The molecule has 2 aromatic heterocycles. The van der Waals surface area contributed by atoms with Crippen LogP contribution in [0.3, 0.4) is 0 Å². The second kappa shape index (κ2) is 7.38. The number of hydrogen-bond acceptors (Lipinski definition) is 6. The van der Waals surface area contributed by atoms with E-state index in [-0.39, 0.29) is 18.3 Å². The summed E-state index contributed by atoms with van der Waals surface area (Å²) in [7, 11) is 1.86. The molecule has 1 atom stereocenters. The van der Waals surface area contributed by atoms with Crippen LogP contribution in [0, 0.1) is 11.3 Å². The van der Waals surface area contributed by atoms with Crippen molar-refractivity contribution < 1.29 is 4.39 Å². The first-order chi connectivity index (χ1) is 13.5. The number of anilines is 2. The SMILES string of the molecule is Cn1cc(-c2ccc(N)c(C(=N)c3cc(N4CC[C@@H](CF)C4)ncn3)c2)cn1. The van der Waals surface area contributed by atoms with E-state index in [9.17, 15) is 4.39 Å². The predicted octanol–water partition coefficient (Wildman–Crippen LogP) is 2.67. The maximum atomic E-state index is 12.9. The number of nitrogens with two attached hydrogens (primary N) is 1. The Kier molecular flexibility index (Phi) is 4.77. The molecule has 0 spiro atoms. The van der Waals surface area contributed by atoms with E-state index in [4.69, 9.17) is 11.1 Å². The number of aromatic nitrogens is 4. The Bertz CT molecular complexity index is 1010. The maximum Gasteiger partial charge on any atom is 0.132 e. The highest BCUT2D eigenvalue weighted by Gasteiger charge is 2.24. The van der Waals surface area contributed by atoms with Crippen LogP contribution in [-0.4, -0.2) is 45.2 Å². The highest BCUT2D eigenvalue weighted by Crippen LogP contribution is 2.27. The number of alkyl halides is 1. The molecule has 1 fully saturated rings. The molecule has 0 bridgehead atoms. The molecule has 8 heteroatoms. The van der Waals surface area contributed by atoms with Gasteiger partial charge in [0.1, 0.15) is 12.1 Å². The number of hydrogen-bond donors (Lipinski definition) is 2. The van der Waals surface area contributed by atoms with E-state index in [1.165, 1.54) is 6.33 Å². The summed E-state index contributed by atoms with van der Waals surface area (Å²) < 4.78 is 14.7. The zero-order valence-corrected chi connectivity index (χ0v) is 15.6. The van der Waals surface area contributed by atoms with Crippen LogP contribution in [0.4, 0.5) is 15.9 Å². The first-order valence-corrected chi connectivity index (χ1v) is 9.16. The molecule has 144 valence electrons. The summed E-state index contributed by atoms with van der Waals surface area (Å²) in [6, 6.07) is 7.36. The van der Waals surface area contributed by atoms with Crippen molar-refractivity contribution in [3.05, 3.63) is 54.2 Å². The highest BCUT2D eigenvalue weighted by atomic mass is 19.1. The minimum atomic E-state index is -0.318.